The van der Waals surface area contributed by atoms with Crippen LogP contribution >= 0.6 is 0 Å². The van der Waals surface area contributed by atoms with Gasteiger partial charge in [0.25, 0.3) is 0 Å². The van der Waals surface area contributed by atoms with E-state index in [1.54, 1.807) is 0 Å². The molecule has 0 saturated carbocycles. The first-order valence-electron chi connectivity index (χ1n) is 7.49. The third kappa shape index (κ3) is 3.96. The Hall–Kier alpha value is -0.0800. The average Bonchev–Trinajstić information content (AvgIpc) is 2.36. The maximum atomic E-state index is 3.73. The zero-order valence-corrected chi connectivity index (χ0v) is 13.1. The van der Waals surface area contributed by atoms with Crippen molar-refractivity contribution >= 4 is 0 Å². The second kappa shape index (κ2) is 8.10. The molecule has 0 heterocycles. The highest BCUT2D eigenvalue weighted by Crippen LogP contribution is 2.29. The summed E-state index contributed by atoms with van der Waals surface area (Å²) in [4.78, 5) is 2.62. The second-order valence-electron chi connectivity index (χ2n) is 5.30. The fourth-order valence-electron chi connectivity index (χ4n) is 3.08. The van der Waals surface area contributed by atoms with Gasteiger partial charge in [0.05, 0.1) is 0 Å². The molecular formula is C15H34N2. The molecule has 0 spiro atoms. The van der Waals surface area contributed by atoms with E-state index < -0.39 is 0 Å². The predicted octanol–water partition coefficient (Wildman–Crippen LogP) is 3.52. The number of rotatable bonds is 9. The van der Waals surface area contributed by atoms with Gasteiger partial charge in [-0.3, -0.25) is 4.90 Å². The van der Waals surface area contributed by atoms with Crippen LogP contribution in [-0.2, 0) is 0 Å². The smallest absolute Gasteiger partial charge is 0.0334 e. The van der Waals surface area contributed by atoms with Crippen molar-refractivity contribution in [2.45, 2.75) is 72.9 Å². The van der Waals surface area contributed by atoms with Gasteiger partial charge in [-0.25, -0.2) is 0 Å². The van der Waals surface area contributed by atoms with Gasteiger partial charge in [0.1, 0.15) is 0 Å². The molecule has 0 aliphatic heterocycles. The van der Waals surface area contributed by atoms with Gasteiger partial charge in [0, 0.05) is 11.6 Å². The van der Waals surface area contributed by atoms with E-state index in [1.807, 2.05) is 0 Å². The van der Waals surface area contributed by atoms with Crippen molar-refractivity contribution in [3.63, 3.8) is 0 Å². The molecule has 104 valence electrons. The number of nitrogens with one attached hydrogen (secondary N) is 1. The molecule has 3 unspecified atom stereocenters. The van der Waals surface area contributed by atoms with E-state index in [0.717, 1.165) is 25.6 Å². The van der Waals surface area contributed by atoms with Gasteiger partial charge in [-0.1, -0.05) is 48.0 Å². The monoisotopic (exact) mass is 242 g/mol. The fourth-order valence-corrected chi connectivity index (χ4v) is 3.08. The lowest BCUT2D eigenvalue weighted by Crippen LogP contribution is -2.61. The van der Waals surface area contributed by atoms with E-state index in [9.17, 15) is 0 Å². The summed E-state index contributed by atoms with van der Waals surface area (Å²) in [5.74, 6) is 0.723. The van der Waals surface area contributed by atoms with Crippen molar-refractivity contribution < 1.29 is 0 Å². The molecule has 2 nitrogen and oxygen atoms in total. The molecule has 3 atom stereocenters. The van der Waals surface area contributed by atoms with E-state index in [-0.39, 0.29) is 5.54 Å². The number of likely N-dealkylation sites (N-methyl/N-ethyl adjacent to an activating group) is 2. The molecule has 0 fully saturated rings. The Morgan fingerprint density at radius 1 is 1.06 bits per heavy atom. The van der Waals surface area contributed by atoms with Crippen LogP contribution in [-0.4, -0.2) is 36.1 Å². The van der Waals surface area contributed by atoms with Crippen LogP contribution in [0, 0.1) is 5.92 Å². The fraction of sp³-hybridized carbons (Fsp3) is 1.00. The van der Waals surface area contributed by atoms with Gasteiger partial charge in [0.15, 0.2) is 0 Å². The molecule has 0 rings (SSSR count). The summed E-state index contributed by atoms with van der Waals surface area (Å²) in [6.45, 7) is 19.5. The molecule has 0 aliphatic rings. The van der Waals surface area contributed by atoms with Crippen LogP contribution in [0.5, 0.6) is 0 Å². The first-order valence-corrected chi connectivity index (χ1v) is 7.49. The van der Waals surface area contributed by atoms with Crippen molar-refractivity contribution in [3.8, 4) is 0 Å². The highest BCUT2D eigenvalue weighted by molar-refractivity contribution is 4.97. The first-order chi connectivity index (χ1) is 8.01. The average molecular weight is 242 g/mol. The number of hydrogen-bond acceptors (Lipinski definition) is 2. The molecule has 2 heteroatoms. The predicted molar refractivity (Wildman–Crippen MR) is 78.5 cm³/mol. The van der Waals surface area contributed by atoms with Gasteiger partial charge >= 0.3 is 0 Å². The van der Waals surface area contributed by atoms with Crippen LogP contribution < -0.4 is 5.32 Å². The molecule has 0 aromatic rings. The van der Waals surface area contributed by atoms with E-state index in [1.165, 1.54) is 12.8 Å². The third-order valence-electron chi connectivity index (χ3n) is 4.51. The minimum Gasteiger partial charge on any atom is -0.312 e. The van der Waals surface area contributed by atoms with Gasteiger partial charge in [0.2, 0.25) is 0 Å². The zero-order valence-electron chi connectivity index (χ0n) is 13.1. The van der Waals surface area contributed by atoms with Crippen LogP contribution in [0.4, 0.5) is 0 Å². The van der Waals surface area contributed by atoms with Gasteiger partial charge in [-0.05, 0) is 38.9 Å². The van der Waals surface area contributed by atoms with Gasteiger partial charge in [-0.15, -0.1) is 0 Å². The molecule has 0 aromatic heterocycles. The van der Waals surface area contributed by atoms with Crippen molar-refractivity contribution in [1.82, 2.24) is 10.2 Å². The van der Waals surface area contributed by atoms with E-state index in [0.29, 0.717) is 6.04 Å². The molecule has 0 bridgehead atoms. The lowest BCUT2D eigenvalue weighted by Gasteiger charge is -2.48. The van der Waals surface area contributed by atoms with Gasteiger partial charge in [-0.2, -0.15) is 0 Å². The Balaban J connectivity index is 5.09. The summed E-state index contributed by atoms with van der Waals surface area (Å²) in [6, 6.07) is 0.586. The maximum absolute atomic E-state index is 3.73. The van der Waals surface area contributed by atoms with Crippen molar-refractivity contribution in [2.24, 2.45) is 5.92 Å². The molecule has 0 saturated heterocycles. The zero-order chi connectivity index (χ0) is 13.5. The van der Waals surface area contributed by atoms with Crippen LogP contribution in [0.15, 0.2) is 0 Å². The van der Waals surface area contributed by atoms with Crippen LogP contribution in [0.2, 0.25) is 0 Å². The summed E-state index contributed by atoms with van der Waals surface area (Å²) in [5, 5.41) is 3.73. The van der Waals surface area contributed by atoms with Crippen LogP contribution in [0.1, 0.15) is 61.3 Å². The van der Waals surface area contributed by atoms with Crippen LogP contribution in [0.3, 0.4) is 0 Å². The molecule has 17 heavy (non-hydrogen) atoms. The molecule has 0 radical (unpaired) electrons. The molecule has 0 aromatic carbocycles. The Kier molecular flexibility index (Phi) is 8.06. The normalized spacial score (nSPS) is 19.1. The van der Waals surface area contributed by atoms with E-state index in [2.05, 4.69) is 58.7 Å². The molecular weight excluding hydrogens is 208 g/mol. The van der Waals surface area contributed by atoms with Crippen molar-refractivity contribution in [2.75, 3.05) is 19.6 Å². The standard InChI is InChI=1S/C15H34N2/c1-8-13(6)14(16-10-3)15(7,9-2)17(11-4)12-5/h13-14,16H,8-12H2,1-7H3. The topological polar surface area (TPSA) is 15.3 Å². The Morgan fingerprint density at radius 2 is 1.59 bits per heavy atom. The van der Waals surface area contributed by atoms with Gasteiger partial charge < -0.3 is 5.32 Å². The first kappa shape index (κ1) is 16.9. The highest BCUT2D eigenvalue weighted by atomic mass is 15.2. The third-order valence-corrected chi connectivity index (χ3v) is 4.51. The number of nitrogens with zero attached hydrogens (tertiary/aromatic N) is 1. The number of hydrogen-bond donors (Lipinski definition) is 1. The maximum Gasteiger partial charge on any atom is 0.0334 e. The van der Waals surface area contributed by atoms with E-state index in [4.69, 9.17) is 0 Å². The quantitative estimate of drug-likeness (QED) is 0.665. The summed E-state index contributed by atoms with van der Waals surface area (Å²) >= 11 is 0. The molecule has 0 aliphatic carbocycles. The SMILES string of the molecule is CCNC(C(C)CC)C(C)(CC)N(CC)CC. The Morgan fingerprint density at radius 3 is 1.88 bits per heavy atom. The lowest BCUT2D eigenvalue weighted by molar-refractivity contribution is 0.0486. The summed E-state index contributed by atoms with van der Waals surface area (Å²) in [5.41, 5.74) is 0.273. The highest BCUT2D eigenvalue weighted by Gasteiger charge is 2.38. The minimum atomic E-state index is 0.273. The largest absolute Gasteiger partial charge is 0.312 e. The summed E-state index contributed by atoms with van der Waals surface area (Å²) < 4.78 is 0. The molecule has 1 N–H and O–H groups in total. The van der Waals surface area contributed by atoms with E-state index >= 15 is 0 Å². The Labute approximate surface area is 109 Å². The summed E-state index contributed by atoms with van der Waals surface area (Å²) in [7, 11) is 0. The lowest BCUT2D eigenvalue weighted by atomic mass is 9.79. The second-order valence-corrected chi connectivity index (χ2v) is 5.30. The summed E-state index contributed by atoms with van der Waals surface area (Å²) in [6.07, 6.45) is 2.45. The Bertz CT molecular complexity index is 189. The van der Waals surface area contributed by atoms with Crippen molar-refractivity contribution in [3.05, 3.63) is 0 Å². The molecule has 0 amide bonds. The minimum absolute atomic E-state index is 0.273. The van der Waals surface area contributed by atoms with Crippen molar-refractivity contribution in [1.29, 1.82) is 0 Å². The van der Waals surface area contributed by atoms with Crippen LogP contribution in [0.25, 0.3) is 0 Å².